The SMILES string of the molecule is CC(Oc1ccccc1)C(=O)N1CCN(S(=O)(=O)c2ccc3c(c2)NC(=O)CO3)CC1. The summed E-state index contributed by atoms with van der Waals surface area (Å²) >= 11 is 0. The molecule has 0 radical (unpaired) electrons. The van der Waals surface area contributed by atoms with Crippen molar-refractivity contribution in [1.29, 1.82) is 0 Å². The number of ether oxygens (including phenoxy) is 2. The van der Waals surface area contributed by atoms with Crippen LogP contribution >= 0.6 is 0 Å². The van der Waals surface area contributed by atoms with Crippen LogP contribution in [0.25, 0.3) is 0 Å². The highest BCUT2D eigenvalue weighted by atomic mass is 32.2. The normalized spacial score (nSPS) is 17.8. The molecule has 9 nitrogen and oxygen atoms in total. The van der Waals surface area contributed by atoms with Crippen LogP contribution in [0.2, 0.25) is 0 Å². The van der Waals surface area contributed by atoms with Gasteiger partial charge in [0.2, 0.25) is 10.0 Å². The first-order valence-corrected chi connectivity index (χ1v) is 11.4. The monoisotopic (exact) mass is 445 g/mol. The molecule has 0 bridgehead atoms. The van der Waals surface area contributed by atoms with Gasteiger partial charge in [-0.1, -0.05) is 18.2 Å². The van der Waals surface area contributed by atoms with E-state index in [4.69, 9.17) is 9.47 Å². The summed E-state index contributed by atoms with van der Waals surface area (Å²) in [5.41, 5.74) is 0.332. The Morgan fingerprint density at radius 3 is 2.52 bits per heavy atom. The van der Waals surface area contributed by atoms with Gasteiger partial charge < -0.3 is 19.7 Å². The highest BCUT2D eigenvalue weighted by Crippen LogP contribution is 2.31. The van der Waals surface area contributed by atoms with Gasteiger partial charge in [0, 0.05) is 26.2 Å². The predicted molar refractivity (Wildman–Crippen MR) is 112 cm³/mol. The van der Waals surface area contributed by atoms with Crippen molar-refractivity contribution in [2.75, 3.05) is 38.1 Å². The van der Waals surface area contributed by atoms with E-state index in [0.717, 1.165) is 0 Å². The van der Waals surface area contributed by atoms with Crippen molar-refractivity contribution >= 4 is 27.5 Å². The zero-order valence-electron chi connectivity index (χ0n) is 17.0. The number of piperazine rings is 1. The molecule has 2 aliphatic rings. The van der Waals surface area contributed by atoms with E-state index in [2.05, 4.69) is 5.32 Å². The summed E-state index contributed by atoms with van der Waals surface area (Å²) in [6, 6.07) is 13.5. The zero-order chi connectivity index (χ0) is 22.0. The molecule has 1 unspecified atom stereocenters. The third-order valence-electron chi connectivity index (χ3n) is 5.18. The molecule has 10 heteroatoms. The second kappa shape index (κ2) is 8.56. The fraction of sp³-hybridized carbons (Fsp3) is 0.333. The molecule has 2 amide bonds. The molecule has 2 heterocycles. The van der Waals surface area contributed by atoms with E-state index in [0.29, 0.717) is 17.2 Å². The minimum absolute atomic E-state index is 0.0672. The lowest BCUT2D eigenvalue weighted by Gasteiger charge is -2.35. The third kappa shape index (κ3) is 4.49. The fourth-order valence-electron chi connectivity index (χ4n) is 3.53. The largest absolute Gasteiger partial charge is 0.482 e. The fourth-order valence-corrected chi connectivity index (χ4v) is 4.98. The molecule has 1 saturated heterocycles. The van der Waals surface area contributed by atoms with Crippen LogP contribution in [-0.4, -0.2) is 68.3 Å². The Balaban J connectivity index is 1.39. The van der Waals surface area contributed by atoms with Crippen LogP contribution in [0.1, 0.15) is 6.92 Å². The molecule has 0 aromatic heterocycles. The first-order chi connectivity index (χ1) is 14.8. The Hall–Kier alpha value is -3.11. The Morgan fingerprint density at radius 2 is 1.81 bits per heavy atom. The maximum Gasteiger partial charge on any atom is 0.263 e. The second-order valence-electron chi connectivity index (χ2n) is 7.30. The van der Waals surface area contributed by atoms with Gasteiger partial charge in [-0.15, -0.1) is 0 Å². The van der Waals surface area contributed by atoms with E-state index < -0.39 is 16.1 Å². The molecule has 2 aromatic carbocycles. The quantitative estimate of drug-likeness (QED) is 0.744. The molecule has 31 heavy (non-hydrogen) atoms. The number of anilines is 1. The lowest BCUT2D eigenvalue weighted by molar-refractivity contribution is -0.139. The number of benzene rings is 2. The average molecular weight is 445 g/mol. The Kier molecular flexibility index (Phi) is 5.84. The van der Waals surface area contributed by atoms with Gasteiger partial charge in [-0.25, -0.2) is 8.42 Å². The molecule has 1 N–H and O–H groups in total. The van der Waals surface area contributed by atoms with E-state index >= 15 is 0 Å². The van der Waals surface area contributed by atoms with Crippen molar-refractivity contribution < 1.29 is 27.5 Å². The van der Waals surface area contributed by atoms with Crippen LogP contribution in [0.5, 0.6) is 11.5 Å². The van der Waals surface area contributed by atoms with Gasteiger partial charge in [0.1, 0.15) is 11.5 Å². The summed E-state index contributed by atoms with van der Waals surface area (Å²) < 4.78 is 38.4. The summed E-state index contributed by atoms with van der Waals surface area (Å²) in [7, 11) is -3.77. The molecule has 1 atom stereocenters. The molecule has 0 spiro atoms. The standard InChI is InChI=1S/C21H23N3O6S/c1-15(30-16-5-3-2-4-6-16)21(26)23-9-11-24(12-10-23)31(27,28)17-7-8-19-18(13-17)22-20(25)14-29-19/h2-8,13,15H,9-12,14H2,1H3,(H,22,25). The number of amides is 2. The second-order valence-corrected chi connectivity index (χ2v) is 9.24. The van der Waals surface area contributed by atoms with E-state index in [1.807, 2.05) is 18.2 Å². The number of carbonyl (C=O) groups is 2. The molecule has 0 saturated carbocycles. The molecular formula is C21H23N3O6S. The van der Waals surface area contributed by atoms with E-state index in [1.165, 1.54) is 22.5 Å². The van der Waals surface area contributed by atoms with Crippen LogP contribution < -0.4 is 14.8 Å². The lowest BCUT2D eigenvalue weighted by atomic mass is 10.2. The van der Waals surface area contributed by atoms with Gasteiger partial charge in [-0.05, 0) is 37.3 Å². The smallest absolute Gasteiger partial charge is 0.263 e. The number of hydrogen-bond acceptors (Lipinski definition) is 6. The van der Waals surface area contributed by atoms with Gasteiger partial charge in [0.15, 0.2) is 12.7 Å². The van der Waals surface area contributed by atoms with Crippen molar-refractivity contribution in [3.05, 3.63) is 48.5 Å². The van der Waals surface area contributed by atoms with Gasteiger partial charge in [-0.2, -0.15) is 4.31 Å². The Labute approximate surface area is 180 Å². The van der Waals surface area contributed by atoms with Gasteiger partial charge in [0.05, 0.1) is 10.6 Å². The number of rotatable bonds is 5. The topological polar surface area (TPSA) is 105 Å². The molecule has 164 valence electrons. The first-order valence-electron chi connectivity index (χ1n) is 9.92. The van der Waals surface area contributed by atoms with Crippen molar-refractivity contribution in [2.24, 2.45) is 0 Å². The van der Waals surface area contributed by atoms with Gasteiger partial charge in [0.25, 0.3) is 11.8 Å². The van der Waals surface area contributed by atoms with Gasteiger partial charge >= 0.3 is 0 Å². The Bertz CT molecular complexity index is 1080. The number of carbonyl (C=O) groups excluding carboxylic acids is 2. The van der Waals surface area contributed by atoms with Gasteiger partial charge in [-0.3, -0.25) is 9.59 Å². The maximum atomic E-state index is 13.1. The average Bonchev–Trinajstić information content (AvgIpc) is 2.78. The number of hydrogen-bond donors (Lipinski definition) is 1. The van der Waals surface area contributed by atoms with Crippen LogP contribution in [-0.2, 0) is 19.6 Å². The minimum Gasteiger partial charge on any atom is -0.482 e. The number of nitrogens with one attached hydrogen (secondary N) is 1. The summed E-state index contributed by atoms with van der Waals surface area (Å²) in [6.45, 7) is 2.47. The maximum absolute atomic E-state index is 13.1. The molecule has 4 rings (SSSR count). The summed E-state index contributed by atoms with van der Waals surface area (Å²) in [6.07, 6.45) is -0.671. The molecule has 0 aliphatic carbocycles. The van der Waals surface area contributed by atoms with E-state index in [-0.39, 0.29) is 49.5 Å². The summed E-state index contributed by atoms with van der Waals surface area (Å²) in [5, 5.41) is 2.62. The highest BCUT2D eigenvalue weighted by Gasteiger charge is 2.32. The minimum atomic E-state index is -3.77. The van der Waals surface area contributed by atoms with E-state index in [1.54, 1.807) is 24.0 Å². The van der Waals surface area contributed by atoms with Crippen molar-refractivity contribution in [3.8, 4) is 11.5 Å². The van der Waals surface area contributed by atoms with Crippen LogP contribution in [0.4, 0.5) is 5.69 Å². The first kappa shape index (κ1) is 21.1. The van der Waals surface area contributed by atoms with Crippen molar-refractivity contribution in [3.63, 3.8) is 0 Å². The van der Waals surface area contributed by atoms with Crippen LogP contribution in [0.3, 0.4) is 0 Å². The van der Waals surface area contributed by atoms with Crippen molar-refractivity contribution in [1.82, 2.24) is 9.21 Å². The Morgan fingerprint density at radius 1 is 1.10 bits per heavy atom. The number of nitrogens with zero attached hydrogens (tertiary/aromatic N) is 2. The number of para-hydroxylation sites is 1. The molecule has 2 aromatic rings. The van der Waals surface area contributed by atoms with E-state index in [9.17, 15) is 18.0 Å². The lowest BCUT2D eigenvalue weighted by Crippen LogP contribution is -2.53. The molecular weight excluding hydrogens is 422 g/mol. The van der Waals surface area contributed by atoms with Crippen LogP contribution in [0.15, 0.2) is 53.4 Å². The van der Waals surface area contributed by atoms with Crippen LogP contribution in [0, 0.1) is 0 Å². The summed E-state index contributed by atoms with van der Waals surface area (Å²) in [4.78, 5) is 25.9. The van der Waals surface area contributed by atoms with Crippen molar-refractivity contribution in [2.45, 2.75) is 17.9 Å². The zero-order valence-corrected chi connectivity index (χ0v) is 17.8. The molecule has 1 fully saturated rings. The summed E-state index contributed by atoms with van der Waals surface area (Å²) in [5.74, 6) is 0.518. The third-order valence-corrected chi connectivity index (χ3v) is 7.07. The highest BCUT2D eigenvalue weighted by molar-refractivity contribution is 7.89. The molecule has 2 aliphatic heterocycles. The number of fused-ring (bicyclic) bond motifs is 1. The number of sulfonamides is 1. The predicted octanol–water partition coefficient (Wildman–Crippen LogP) is 1.32.